The smallest absolute Gasteiger partial charge is 0.236 e. The van der Waals surface area contributed by atoms with Gasteiger partial charge >= 0.3 is 0 Å². The Morgan fingerprint density at radius 2 is 1.96 bits per heavy atom. The second-order valence-corrected chi connectivity index (χ2v) is 5.97. The van der Waals surface area contributed by atoms with Crippen LogP contribution in [0.1, 0.15) is 11.3 Å². The van der Waals surface area contributed by atoms with Gasteiger partial charge < -0.3 is 15.1 Å². The van der Waals surface area contributed by atoms with Crippen LogP contribution in [0.2, 0.25) is 0 Å². The van der Waals surface area contributed by atoms with E-state index in [1.807, 2.05) is 17.5 Å². The summed E-state index contributed by atoms with van der Waals surface area (Å²) in [6.45, 7) is 1.05. The third-order valence-corrected chi connectivity index (χ3v) is 4.18. The number of rotatable bonds is 5. The summed E-state index contributed by atoms with van der Waals surface area (Å²) in [5.74, 6) is 1.02. The minimum absolute atomic E-state index is 0. The molecule has 0 aliphatic rings. The number of thiophene rings is 1. The Kier molecular flexibility index (Phi) is 7.38. The fraction of sp³-hybridized carbons (Fsp3) is 0.176. The summed E-state index contributed by atoms with van der Waals surface area (Å²) in [6, 6.07) is 10.3. The van der Waals surface area contributed by atoms with Crippen LogP contribution in [-0.2, 0) is 13.1 Å². The average molecular weight is 472 g/mol. The van der Waals surface area contributed by atoms with Gasteiger partial charge in [-0.15, -0.1) is 35.3 Å². The molecule has 0 saturated heterocycles. The van der Waals surface area contributed by atoms with Gasteiger partial charge in [0.1, 0.15) is 12.1 Å². The molecule has 0 bridgehead atoms. The summed E-state index contributed by atoms with van der Waals surface area (Å²) in [6.07, 6.45) is 1.63. The number of aliphatic imine (C=N–C) groups is 1. The van der Waals surface area contributed by atoms with E-state index in [9.17, 15) is 4.39 Å². The van der Waals surface area contributed by atoms with Crippen molar-refractivity contribution in [2.24, 2.45) is 4.99 Å². The van der Waals surface area contributed by atoms with Gasteiger partial charge in [0.15, 0.2) is 5.96 Å². The van der Waals surface area contributed by atoms with Crippen LogP contribution in [0.25, 0.3) is 10.8 Å². The average Bonchev–Trinajstić information content (AvgIpc) is 3.28. The lowest BCUT2D eigenvalue weighted by molar-refractivity contribution is 0.573. The minimum atomic E-state index is -0.242. The van der Waals surface area contributed by atoms with Gasteiger partial charge in [0.25, 0.3) is 0 Å². The number of nitrogens with one attached hydrogen (secondary N) is 2. The van der Waals surface area contributed by atoms with Gasteiger partial charge in [-0.25, -0.2) is 9.37 Å². The molecule has 2 N–H and O–H groups in total. The van der Waals surface area contributed by atoms with Crippen LogP contribution in [0.15, 0.2) is 57.5 Å². The molecule has 2 aromatic heterocycles. The first-order valence-electron chi connectivity index (χ1n) is 7.42. The van der Waals surface area contributed by atoms with Gasteiger partial charge in [-0.3, -0.25) is 4.99 Å². The van der Waals surface area contributed by atoms with Crippen molar-refractivity contribution in [2.45, 2.75) is 13.1 Å². The second kappa shape index (κ2) is 9.52. The topological polar surface area (TPSA) is 62.5 Å². The molecule has 3 rings (SSSR count). The summed E-state index contributed by atoms with van der Waals surface area (Å²) in [7, 11) is 1.69. The highest BCUT2D eigenvalue weighted by molar-refractivity contribution is 14.0. The zero-order valence-electron chi connectivity index (χ0n) is 13.5. The number of halogens is 2. The molecular formula is C17H18FIN4OS. The summed E-state index contributed by atoms with van der Waals surface area (Å²) in [5, 5.41) is 8.33. The SMILES string of the molecule is CN=C(NCc1ccc(F)cc1)NCc1coc(-c2cccs2)n1.I. The van der Waals surface area contributed by atoms with Crippen LogP contribution < -0.4 is 10.6 Å². The van der Waals surface area contributed by atoms with Crippen LogP contribution in [-0.4, -0.2) is 18.0 Å². The van der Waals surface area contributed by atoms with E-state index in [-0.39, 0.29) is 29.8 Å². The first-order valence-corrected chi connectivity index (χ1v) is 8.30. The van der Waals surface area contributed by atoms with E-state index < -0.39 is 0 Å². The number of hydrogen-bond acceptors (Lipinski definition) is 4. The molecule has 8 heteroatoms. The maximum atomic E-state index is 12.9. The van der Waals surface area contributed by atoms with Crippen LogP contribution >= 0.6 is 35.3 Å². The van der Waals surface area contributed by atoms with Gasteiger partial charge in [-0.2, -0.15) is 0 Å². The van der Waals surface area contributed by atoms with Crippen molar-refractivity contribution < 1.29 is 8.81 Å². The van der Waals surface area contributed by atoms with E-state index in [4.69, 9.17) is 4.42 Å². The quantitative estimate of drug-likeness (QED) is 0.335. The monoisotopic (exact) mass is 472 g/mol. The number of oxazole rings is 1. The molecular weight excluding hydrogens is 454 g/mol. The summed E-state index contributed by atoms with van der Waals surface area (Å²) in [4.78, 5) is 9.60. The molecule has 1 aromatic carbocycles. The molecule has 5 nitrogen and oxygen atoms in total. The van der Waals surface area contributed by atoms with E-state index in [1.54, 1.807) is 36.8 Å². The number of nitrogens with zero attached hydrogens (tertiary/aromatic N) is 2. The van der Waals surface area contributed by atoms with Gasteiger partial charge in [-0.1, -0.05) is 18.2 Å². The van der Waals surface area contributed by atoms with Crippen molar-refractivity contribution >= 4 is 41.3 Å². The first-order chi connectivity index (χ1) is 11.7. The molecule has 25 heavy (non-hydrogen) atoms. The molecule has 0 unspecified atom stereocenters. The van der Waals surface area contributed by atoms with Crippen molar-refractivity contribution in [2.75, 3.05) is 7.05 Å². The maximum Gasteiger partial charge on any atom is 0.236 e. The standard InChI is InChI=1S/C17H17FN4OS.HI/c1-19-17(20-9-12-4-6-13(18)7-5-12)21-10-14-11-23-16(22-14)15-3-2-8-24-15;/h2-8,11H,9-10H2,1H3,(H2,19,20,21);1H. The molecule has 0 fully saturated rings. The van der Waals surface area contributed by atoms with Crippen molar-refractivity contribution in [3.8, 4) is 10.8 Å². The minimum Gasteiger partial charge on any atom is -0.443 e. The van der Waals surface area contributed by atoms with E-state index in [1.165, 1.54) is 12.1 Å². The molecule has 0 amide bonds. The number of benzene rings is 1. The third kappa shape index (κ3) is 5.53. The predicted molar refractivity (Wildman–Crippen MR) is 109 cm³/mol. The lowest BCUT2D eigenvalue weighted by atomic mass is 10.2. The highest BCUT2D eigenvalue weighted by Crippen LogP contribution is 2.23. The molecule has 2 heterocycles. The maximum absolute atomic E-state index is 12.9. The van der Waals surface area contributed by atoms with Gasteiger partial charge in [-0.05, 0) is 29.1 Å². The first kappa shape index (κ1) is 19.4. The zero-order valence-corrected chi connectivity index (χ0v) is 16.7. The molecule has 132 valence electrons. The van der Waals surface area contributed by atoms with Crippen LogP contribution in [0.5, 0.6) is 0 Å². The second-order valence-electron chi connectivity index (χ2n) is 5.03. The van der Waals surface area contributed by atoms with Gasteiger partial charge in [0.2, 0.25) is 5.89 Å². The number of aromatic nitrogens is 1. The van der Waals surface area contributed by atoms with E-state index in [0.29, 0.717) is 24.9 Å². The fourth-order valence-electron chi connectivity index (χ4n) is 2.08. The Morgan fingerprint density at radius 3 is 2.64 bits per heavy atom. The zero-order chi connectivity index (χ0) is 16.8. The van der Waals surface area contributed by atoms with Gasteiger partial charge in [0, 0.05) is 13.6 Å². The van der Waals surface area contributed by atoms with E-state index in [0.717, 1.165) is 16.1 Å². The molecule has 0 radical (unpaired) electrons. The predicted octanol–water partition coefficient (Wildman–Crippen LogP) is 4.03. The Bertz CT molecular complexity index is 802. The Balaban J connectivity index is 0.00000225. The van der Waals surface area contributed by atoms with Crippen LogP contribution in [0, 0.1) is 5.82 Å². The summed E-state index contributed by atoms with van der Waals surface area (Å²) < 4.78 is 18.4. The Morgan fingerprint density at radius 1 is 1.20 bits per heavy atom. The lowest BCUT2D eigenvalue weighted by Crippen LogP contribution is -2.36. The van der Waals surface area contributed by atoms with Crippen LogP contribution in [0.4, 0.5) is 4.39 Å². The Hall–Kier alpha value is -1.94. The molecule has 0 atom stereocenters. The van der Waals surface area contributed by atoms with Crippen molar-refractivity contribution in [3.05, 3.63) is 65.1 Å². The van der Waals surface area contributed by atoms with Gasteiger partial charge in [0.05, 0.1) is 17.1 Å². The van der Waals surface area contributed by atoms with E-state index in [2.05, 4.69) is 20.6 Å². The summed E-state index contributed by atoms with van der Waals surface area (Å²) in [5.41, 5.74) is 1.77. The van der Waals surface area contributed by atoms with E-state index >= 15 is 0 Å². The molecule has 0 aliphatic heterocycles. The fourth-order valence-corrected chi connectivity index (χ4v) is 2.74. The molecule has 0 aliphatic carbocycles. The normalized spacial score (nSPS) is 11.0. The highest BCUT2D eigenvalue weighted by atomic mass is 127. The largest absolute Gasteiger partial charge is 0.443 e. The number of hydrogen-bond donors (Lipinski definition) is 2. The highest BCUT2D eigenvalue weighted by Gasteiger charge is 2.08. The third-order valence-electron chi connectivity index (χ3n) is 3.32. The van der Waals surface area contributed by atoms with Crippen molar-refractivity contribution in [1.82, 2.24) is 15.6 Å². The molecule has 0 saturated carbocycles. The Labute approximate surface area is 166 Å². The van der Waals surface area contributed by atoms with Crippen molar-refractivity contribution in [3.63, 3.8) is 0 Å². The lowest BCUT2D eigenvalue weighted by Gasteiger charge is -2.10. The number of guanidine groups is 1. The van der Waals surface area contributed by atoms with Crippen LogP contribution in [0.3, 0.4) is 0 Å². The molecule has 3 aromatic rings. The van der Waals surface area contributed by atoms with Crippen molar-refractivity contribution in [1.29, 1.82) is 0 Å². The summed E-state index contributed by atoms with van der Waals surface area (Å²) >= 11 is 1.59. The molecule has 0 spiro atoms.